The maximum Gasteiger partial charge on any atom is 0.321 e. The third-order valence-electron chi connectivity index (χ3n) is 5.17. The van der Waals surface area contributed by atoms with Crippen molar-refractivity contribution in [2.24, 2.45) is 0 Å². The van der Waals surface area contributed by atoms with Crippen molar-refractivity contribution in [1.29, 1.82) is 0 Å². The van der Waals surface area contributed by atoms with Crippen molar-refractivity contribution in [3.05, 3.63) is 59.9 Å². The average Bonchev–Trinajstić information content (AvgIpc) is 2.88. The van der Waals surface area contributed by atoms with Gasteiger partial charge in [-0.15, -0.1) is 0 Å². The van der Waals surface area contributed by atoms with Gasteiger partial charge in [-0.1, -0.05) is 18.2 Å². The molecule has 0 saturated heterocycles. The number of carbonyl (C=O) groups excluding carboxylic acids is 1. The fourth-order valence-electron chi connectivity index (χ4n) is 3.75. The van der Waals surface area contributed by atoms with Gasteiger partial charge in [0.15, 0.2) is 0 Å². The van der Waals surface area contributed by atoms with E-state index in [4.69, 9.17) is 0 Å². The molecule has 3 rings (SSSR count). The van der Waals surface area contributed by atoms with Gasteiger partial charge in [0, 0.05) is 36.5 Å². The predicted octanol–water partition coefficient (Wildman–Crippen LogP) is 4.98. The molecule has 5 heteroatoms. The second kappa shape index (κ2) is 8.63. The molecule has 0 unspecified atom stereocenters. The van der Waals surface area contributed by atoms with Gasteiger partial charge in [-0.2, -0.15) is 0 Å². The number of benzene rings is 2. The summed E-state index contributed by atoms with van der Waals surface area (Å²) in [7, 11) is 0. The van der Waals surface area contributed by atoms with Crippen LogP contribution in [0, 0.1) is 5.82 Å². The van der Waals surface area contributed by atoms with E-state index in [2.05, 4.69) is 37.1 Å². The van der Waals surface area contributed by atoms with Gasteiger partial charge in [0.25, 0.3) is 0 Å². The van der Waals surface area contributed by atoms with E-state index in [1.807, 2.05) is 23.1 Å². The molecule has 0 bridgehead atoms. The van der Waals surface area contributed by atoms with Gasteiger partial charge in [0.2, 0.25) is 0 Å². The predicted molar refractivity (Wildman–Crippen MR) is 114 cm³/mol. The van der Waals surface area contributed by atoms with E-state index in [-0.39, 0.29) is 17.4 Å². The first-order valence-electron chi connectivity index (χ1n) is 10.0. The van der Waals surface area contributed by atoms with Crippen LogP contribution in [0.3, 0.4) is 0 Å². The number of nitrogens with one attached hydrogen (secondary N) is 1. The summed E-state index contributed by atoms with van der Waals surface area (Å²) < 4.78 is 13.3. The minimum Gasteiger partial charge on any atom is -0.365 e. The van der Waals surface area contributed by atoms with E-state index in [0.29, 0.717) is 13.1 Å². The SMILES string of the molecule is CC(C)(C)N(CCNC(=O)N1CCCCc2ccccc21)c1ccc(F)cc1. The summed E-state index contributed by atoms with van der Waals surface area (Å²) in [5.41, 5.74) is 3.06. The monoisotopic (exact) mass is 383 g/mol. The molecule has 0 spiro atoms. The Morgan fingerprint density at radius 2 is 1.82 bits per heavy atom. The molecule has 1 N–H and O–H groups in total. The maximum absolute atomic E-state index is 13.3. The van der Waals surface area contributed by atoms with Gasteiger partial charge < -0.3 is 10.2 Å². The van der Waals surface area contributed by atoms with E-state index in [1.165, 1.54) is 17.7 Å². The van der Waals surface area contributed by atoms with Crippen molar-refractivity contribution in [3.63, 3.8) is 0 Å². The summed E-state index contributed by atoms with van der Waals surface area (Å²) in [5, 5.41) is 3.08. The molecule has 2 aromatic rings. The van der Waals surface area contributed by atoms with Crippen LogP contribution in [0.25, 0.3) is 0 Å². The highest BCUT2D eigenvalue weighted by atomic mass is 19.1. The quantitative estimate of drug-likeness (QED) is 0.808. The number of carbonyl (C=O) groups is 1. The lowest BCUT2D eigenvalue weighted by Gasteiger charge is -2.38. The van der Waals surface area contributed by atoms with Crippen LogP contribution in [-0.2, 0) is 6.42 Å². The van der Waals surface area contributed by atoms with Gasteiger partial charge >= 0.3 is 6.03 Å². The zero-order valence-electron chi connectivity index (χ0n) is 17.0. The number of anilines is 2. The average molecular weight is 384 g/mol. The van der Waals surface area contributed by atoms with Crippen molar-refractivity contribution < 1.29 is 9.18 Å². The molecule has 1 aliphatic heterocycles. The number of fused-ring (bicyclic) bond motifs is 1. The van der Waals surface area contributed by atoms with Gasteiger partial charge in [-0.25, -0.2) is 9.18 Å². The zero-order chi connectivity index (χ0) is 20.1. The first kappa shape index (κ1) is 20.2. The Morgan fingerprint density at radius 3 is 2.54 bits per heavy atom. The van der Waals surface area contributed by atoms with Crippen molar-refractivity contribution >= 4 is 17.4 Å². The van der Waals surface area contributed by atoms with Crippen LogP contribution in [0.2, 0.25) is 0 Å². The first-order valence-corrected chi connectivity index (χ1v) is 10.0. The number of hydrogen-bond acceptors (Lipinski definition) is 2. The molecule has 2 aromatic carbocycles. The van der Waals surface area contributed by atoms with Crippen LogP contribution in [0.4, 0.5) is 20.6 Å². The van der Waals surface area contributed by atoms with Gasteiger partial charge in [-0.3, -0.25) is 4.90 Å². The summed E-state index contributed by atoms with van der Waals surface area (Å²) in [4.78, 5) is 16.9. The molecule has 0 saturated carbocycles. The summed E-state index contributed by atoms with van der Waals surface area (Å²) in [5.74, 6) is -0.245. The molecular formula is C23H30FN3O. The normalized spacial score (nSPS) is 14.2. The third kappa shape index (κ3) is 4.83. The highest BCUT2D eigenvalue weighted by molar-refractivity contribution is 5.93. The molecule has 28 heavy (non-hydrogen) atoms. The molecular weight excluding hydrogens is 353 g/mol. The van der Waals surface area contributed by atoms with Gasteiger partial charge in [-0.05, 0) is 75.9 Å². The largest absolute Gasteiger partial charge is 0.365 e. The van der Waals surface area contributed by atoms with E-state index in [1.54, 1.807) is 12.1 Å². The highest BCUT2D eigenvalue weighted by Crippen LogP contribution is 2.26. The summed E-state index contributed by atoms with van der Waals surface area (Å²) in [6.07, 6.45) is 3.12. The van der Waals surface area contributed by atoms with Crippen LogP contribution in [0.1, 0.15) is 39.2 Å². The standard InChI is InChI=1S/C23H30FN3O/c1-23(2,3)27(20-13-11-19(24)12-14-20)17-15-25-22(28)26-16-7-6-9-18-8-4-5-10-21(18)26/h4-5,8,10-14H,6-7,9,15-17H2,1-3H3,(H,25,28). The van der Waals surface area contributed by atoms with Crippen LogP contribution < -0.4 is 15.1 Å². The minimum absolute atomic E-state index is 0.0534. The molecule has 4 nitrogen and oxygen atoms in total. The number of para-hydroxylation sites is 1. The summed E-state index contributed by atoms with van der Waals surface area (Å²) in [6.45, 7) is 8.25. The number of aryl methyl sites for hydroxylation is 1. The van der Waals surface area contributed by atoms with Crippen LogP contribution in [0.5, 0.6) is 0 Å². The van der Waals surface area contributed by atoms with E-state index < -0.39 is 0 Å². The number of urea groups is 1. The van der Waals surface area contributed by atoms with Gasteiger partial charge in [0.05, 0.1) is 0 Å². The number of nitrogens with zero attached hydrogens (tertiary/aromatic N) is 2. The summed E-state index contributed by atoms with van der Waals surface area (Å²) in [6, 6.07) is 14.6. The molecule has 1 aliphatic rings. The molecule has 0 aromatic heterocycles. The van der Waals surface area contributed by atoms with Crippen molar-refractivity contribution in [1.82, 2.24) is 5.32 Å². The number of amides is 2. The van der Waals surface area contributed by atoms with Crippen molar-refractivity contribution in [2.75, 3.05) is 29.4 Å². The number of rotatable bonds is 4. The molecule has 0 radical (unpaired) electrons. The fourth-order valence-corrected chi connectivity index (χ4v) is 3.75. The lowest BCUT2D eigenvalue weighted by Crippen LogP contribution is -2.48. The second-order valence-electron chi connectivity index (χ2n) is 8.27. The van der Waals surface area contributed by atoms with Gasteiger partial charge in [0.1, 0.15) is 5.82 Å². The molecule has 0 aliphatic carbocycles. The lowest BCUT2D eigenvalue weighted by atomic mass is 10.0. The molecule has 0 atom stereocenters. The third-order valence-corrected chi connectivity index (χ3v) is 5.17. The lowest BCUT2D eigenvalue weighted by molar-refractivity contribution is 0.246. The van der Waals surface area contributed by atoms with E-state index >= 15 is 0 Å². The van der Waals surface area contributed by atoms with Crippen LogP contribution in [0.15, 0.2) is 48.5 Å². The van der Waals surface area contributed by atoms with E-state index in [9.17, 15) is 9.18 Å². The first-order chi connectivity index (χ1) is 13.4. The van der Waals surface area contributed by atoms with Crippen molar-refractivity contribution in [3.8, 4) is 0 Å². The van der Waals surface area contributed by atoms with Crippen LogP contribution >= 0.6 is 0 Å². The van der Waals surface area contributed by atoms with Crippen molar-refractivity contribution in [2.45, 2.75) is 45.6 Å². The Kier molecular flexibility index (Phi) is 6.22. The molecule has 0 fully saturated rings. The number of hydrogen-bond donors (Lipinski definition) is 1. The smallest absolute Gasteiger partial charge is 0.321 e. The Balaban J connectivity index is 1.66. The zero-order valence-corrected chi connectivity index (χ0v) is 17.0. The fraction of sp³-hybridized carbons (Fsp3) is 0.435. The Morgan fingerprint density at radius 1 is 1.11 bits per heavy atom. The topological polar surface area (TPSA) is 35.6 Å². The van der Waals surface area contributed by atoms with E-state index in [0.717, 1.165) is 37.2 Å². The Labute approximate surface area is 167 Å². The maximum atomic E-state index is 13.3. The molecule has 1 heterocycles. The summed E-state index contributed by atoms with van der Waals surface area (Å²) >= 11 is 0. The second-order valence-corrected chi connectivity index (χ2v) is 8.27. The highest BCUT2D eigenvalue weighted by Gasteiger charge is 2.23. The molecule has 150 valence electrons. The Hall–Kier alpha value is -2.56. The number of halogens is 1. The van der Waals surface area contributed by atoms with Crippen LogP contribution in [-0.4, -0.2) is 31.2 Å². The molecule has 2 amide bonds. The Bertz CT molecular complexity index is 798. The minimum atomic E-state index is -0.245.